The summed E-state index contributed by atoms with van der Waals surface area (Å²) in [5.74, 6) is -0.0671. The van der Waals surface area contributed by atoms with Crippen LogP contribution in [0.15, 0.2) is 91.4 Å². The van der Waals surface area contributed by atoms with Gasteiger partial charge in [0.05, 0.1) is 18.6 Å². The Morgan fingerprint density at radius 3 is 2.42 bits per heavy atom. The Hall–Kier alpha value is -4.12. The van der Waals surface area contributed by atoms with E-state index < -0.39 is 0 Å². The lowest BCUT2D eigenvalue weighted by Gasteiger charge is -2.26. The van der Waals surface area contributed by atoms with Crippen LogP contribution in [-0.4, -0.2) is 22.4 Å². The molecule has 1 amide bonds. The molecule has 0 saturated heterocycles. The number of H-pyrrole nitrogens is 1. The summed E-state index contributed by atoms with van der Waals surface area (Å²) in [7, 11) is 0. The molecule has 4 aromatic carbocycles. The van der Waals surface area contributed by atoms with Gasteiger partial charge in [0.2, 0.25) is 0 Å². The number of rotatable bonds is 7. The first-order chi connectivity index (χ1) is 16.2. The number of hydrogen-bond donors (Lipinski definition) is 2. The number of imidazole rings is 1. The Kier molecular flexibility index (Phi) is 5.77. The zero-order chi connectivity index (χ0) is 22.6. The largest absolute Gasteiger partial charge is 0.366 e. The molecule has 0 saturated carbocycles. The van der Waals surface area contributed by atoms with E-state index in [-0.39, 0.29) is 5.91 Å². The molecule has 0 aliphatic rings. The van der Waals surface area contributed by atoms with Gasteiger partial charge in [-0.15, -0.1) is 0 Å². The molecule has 0 aliphatic carbocycles. The molecule has 0 unspecified atom stereocenters. The van der Waals surface area contributed by atoms with Crippen molar-refractivity contribution in [2.24, 2.45) is 0 Å². The fourth-order valence-electron chi connectivity index (χ4n) is 4.35. The van der Waals surface area contributed by atoms with E-state index in [4.69, 9.17) is 0 Å². The van der Waals surface area contributed by atoms with Crippen LogP contribution in [0, 0.1) is 0 Å². The molecule has 5 heteroatoms. The molecule has 2 N–H and O–H groups in total. The van der Waals surface area contributed by atoms with E-state index in [9.17, 15) is 4.79 Å². The molecule has 0 aliphatic heterocycles. The zero-order valence-corrected chi connectivity index (χ0v) is 18.6. The van der Waals surface area contributed by atoms with Crippen LogP contribution >= 0.6 is 0 Å². The van der Waals surface area contributed by atoms with Crippen molar-refractivity contribution >= 4 is 33.1 Å². The summed E-state index contributed by atoms with van der Waals surface area (Å²) < 4.78 is 0. The van der Waals surface area contributed by atoms with Gasteiger partial charge < -0.3 is 15.2 Å². The van der Waals surface area contributed by atoms with Gasteiger partial charge in [0.25, 0.3) is 5.91 Å². The van der Waals surface area contributed by atoms with Crippen molar-refractivity contribution in [3.63, 3.8) is 0 Å². The maximum Gasteiger partial charge on any atom is 0.252 e. The molecule has 5 nitrogen and oxygen atoms in total. The van der Waals surface area contributed by atoms with Gasteiger partial charge in [-0.3, -0.25) is 4.79 Å². The number of aromatic amines is 1. The quantitative estimate of drug-likeness (QED) is 0.347. The van der Waals surface area contributed by atoms with Crippen LogP contribution in [0.2, 0.25) is 0 Å². The van der Waals surface area contributed by atoms with Crippen LogP contribution in [0.3, 0.4) is 0 Å². The fourth-order valence-corrected chi connectivity index (χ4v) is 4.35. The second kappa shape index (κ2) is 9.17. The highest BCUT2D eigenvalue weighted by Crippen LogP contribution is 2.29. The van der Waals surface area contributed by atoms with E-state index in [0.717, 1.165) is 46.2 Å². The second-order valence-corrected chi connectivity index (χ2v) is 8.13. The molecule has 1 heterocycles. The summed E-state index contributed by atoms with van der Waals surface area (Å²) in [6.45, 7) is 4.15. The number of amides is 1. The molecule has 5 rings (SSSR count). The molecule has 0 fully saturated rings. The number of benzene rings is 4. The minimum absolute atomic E-state index is 0.0671. The second-order valence-electron chi connectivity index (χ2n) is 8.13. The monoisotopic (exact) mass is 434 g/mol. The topological polar surface area (TPSA) is 61.0 Å². The number of aromatic nitrogens is 2. The number of nitrogens with one attached hydrogen (secondary N) is 2. The van der Waals surface area contributed by atoms with Gasteiger partial charge in [-0.1, -0.05) is 60.7 Å². The molecule has 0 bridgehead atoms. The van der Waals surface area contributed by atoms with E-state index in [1.165, 1.54) is 5.39 Å². The summed E-state index contributed by atoms with van der Waals surface area (Å²) in [5, 5.41) is 7.53. The van der Waals surface area contributed by atoms with Crippen molar-refractivity contribution in [1.82, 2.24) is 15.3 Å². The van der Waals surface area contributed by atoms with Gasteiger partial charge in [-0.2, -0.15) is 0 Å². The van der Waals surface area contributed by atoms with Crippen molar-refractivity contribution in [3.8, 4) is 0 Å². The minimum Gasteiger partial charge on any atom is -0.366 e. The first kappa shape index (κ1) is 20.8. The number of fused-ring (bicyclic) bond motifs is 2. The van der Waals surface area contributed by atoms with E-state index >= 15 is 0 Å². The number of anilines is 1. The molecule has 1 aromatic heterocycles. The average molecular weight is 435 g/mol. The Morgan fingerprint density at radius 2 is 1.67 bits per heavy atom. The third kappa shape index (κ3) is 4.30. The lowest BCUT2D eigenvalue weighted by molar-refractivity contribution is 0.0952. The summed E-state index contributed by atoms with van der Waals surface area (Å²) in [4.78, 5) is 22.8. The van der Waals surface area contributed by atoms with Gasteiger partial charge in [-0.05, 0) is 52.2 Å². The number of nitrogens with zero attached hydrogens (tertiary/aromatic N) is 2. The average Bonchev–Trinajstić information content (AvgIpc) is 3.38. The molecule has 164 valence electrons. The van der Waals surface area contributed by atoms with Gasteiger partial charge in [0, 0.05) is 30.5 Å². The summed E-state index contributed by atoms with van der Waals surface area (Å²) in [5.41, 5.74) is 3.95. The van der Waals surface area contributed by atoms with Crippen molar-refractivity contribution in [3.05, 3.63) is 108 Å². The number of carbonyl (C=O) groups excluding carboxylic acids is 1. The predicted molar refractivity (Wildman–Crippen MR) is 134 cm³/mol. The molecular formula is C28H26N4O. The fraction of sp³-hybridized carbons (Fsp3) is 0.143. The maximum absolute atomic E-state index is 13.2. The highest BCUT2D eigenvalue weighted by atomic mass is 16.1. The Labute approximate surface area is 193 Å². The van der Waals surface area contributed by atoms with E-state index in [1.54, 1.807) is 6.33 Å². The van der Waals surface area contributed by atoms with Crippen LogP contribution in [0.1, 0.15) is 28.5 Å². The van der Waals surface area contributed by atoms with Gasteiger partial charge >= 0.3 is 0 Å². The van der Waals surface area contributed by atoms with E-state index in [0.29, 0.717) is 12.1 Å². The van der Waals surface area contributed by atoms with Gasteiger partial charge in [-0.25, -0.2) is 4.98 Å². The highest BCUT2D eigenvalue weighted by Gasteiger charge is 2.15. The number of carbonyl (C=O) groups is 1. The standard InChI is InChI=1S/C28H26N4O/c1-2-32(18-24-17-29-19-31-24)27-15-22-10-4-3-9-21(22)14-23(27)16-30-28(33)26-13-7-11-20-8-5-6-12-25(20)26/h3-15,17,19H,2,16,18H2,1H3,(H,29,31)(H,30,33). The highest BCUT2D eigenvalue weighted by molar-refractivity contribution is 6.07. The van der Waals surface area contributed by atoms with Crippen molar-refractivity contribution in [2.45, 2.75) is 20.0 Å². The molecule has 5 aromatic rings. The normalized spacial score (nSPS) is 11.1. The summed E-state index contributed by atoms with van der Waals surface area (Å²) in [6, 6.07) is 26.6. The molecule has 0 atom stereocenters. The van der Waals surface area contributed by atoms with Crippen molar-refractivity contribution < 1.29 is 4.79 Å². The third-order valence-electron chi connectivity index (χ3n) is 6.06. The van der Waals surface area contributed by atoms with Gasteiger partial charge in [0.15, 0.2) is 0 Å². The Bertz CT molecular complexity index is 1400. The third-order valence-corrected chi connectivity index (χ3v) is 6.06. The maximum atomic E-state index is 13.2. The van der Waals surface area contributed by atoms with E-state index in [2.05, 4.69) is 57.4 Å². The van der Waals surface area contributed by atoms with E-state index in [1.807, 2.05) is 54.7 Å². The van der Waals surface area contributed by atoms with Crippen LogP contribution < -0.4 is 10.2 Å². The van der Waals surface area contributed by atoms with Crippen LogP contribution in [-0.2, 0) is 13.1 Å². The zero-order valence-electron chi connectivity index (χ0n) is 18.6. The lowest BCUT2D eigenvalue weighted by atomic mass is 10.0. The summed E-state index contributed by atoms with van der Waals surface area (Å²) >= 11 is 0. The first-order valence-corrected chi connectivity index (χ1v) is 11.2. The van der Waals surface area contributed by atoms with Crippen LogP contribution in [0.25, 0.3) is 21.5 Å². The molecular weight excluding hydrogens is 408 g/mol. The smallest absolute Gasteiger partial charge is 0.252 e. The van der Waals surface area contributed by atoms with Crippen LogP contribution in [0.4, 0.5) is 5.69 Å². The Morgan fingerprint density at radius 1 is 0.939 bits per heavy atom. The van der Waals surface area contributed by atoms with Crippen molar-refractivity contribution in [1.29, 1.82) is 0 Å². The minimum atomic E-state index is -0.0671. The summed E-state index contributed by atoms with van der Waals surface area (Å²) in [6.07, 6.45) is 3.56. The molecule has 0 spiro atoms. The molecule has 0 radical (unpaired) electrons. The first-order valence-electron chi connectivity index (χ1n) is 11.2. The Balaban J connectivity index is 1.47. The van der Waals surface area contributed by atoms with Gasteiger partial charge in [0.1, 0.15) is 0 Å². The SMILES string of the molecule is CCN(Cc1cnc[nH]1)c1cc2ccccc2cc1CNC(=O)c1cccc2ccccc12. The van der Waals surface area contributed by atoms with Crippen molar-refractivity contribution in [2.75, 3.05) is 11.4 Å². The predicted octanol–water partition coefficient (Wildman–Crippen LogP) is 5.67. The lowest BCUT2D eigenvalue weighted by Crippen LogP contribution is -2.27. The van der Waals surface area contributed by atoms with Crippen LogP contribution in [0.5, 0.6) is 0 Å². The number of hydrogen-bond acceptors (Lipinski definition) is 3. The molecule has 33 heavy (non-hydrogen) atoms.